The molecule has 12 heteroatoms. The lowest BCUT2D eigenvalue weighted by Crippen LogP contribution is -2.55. The molecule has 1 saturated heterocycles. The topological polar surface area (TPSA) is 123 Å². The molecule has 0 aliphatic carbocycles. The summed E-state index contributed by atoms with van der Waals surface area (Å²) in [5.41, 5.74) is 9.08. The van der Waals surface area contributed by atoms with E-state index in [1.165, 1.54) is 23.6 Å². The second-order valence-electron chi connectivity index (χ2n) is 11.1. The highest BCUT2D eigenvalue weighted by atomic mass is 19.1. The Kier molecular flexibility index (Phi) is 8.64. The number of benzene rings is 1. The molecule has 4 aromatic rings. The first-order valence-corrected chi connectivity index (χ1v) is 14.0. The number of anilines is 3. The van der Waals surface area contributed by atoms with E-state index in [2.05, 4.69) is 37.5 Å². The molecule has 0 bridgehead atoms. The molecule has 1 fully saturated rings. The zero-order valence-electron chi connectivity index (χ0n) is 24.1. The summed E-state index contributed by atoms with van der Waals surface area (Å²) < 4.78 is 37.2. The van der Waals surface area contributed by atoms with Gasteiger partial charge in [-0.25, -0.2) is 13.8 Å². The predicted molar refractivity (Wildman–Crippen MR) is 157 cm³/mol. The van der Waals surface area contributed by atoms with E-state index in [0.29, 0.717) is 35.8 Å². The third kappa shape index (κ3) is 6.34. The number of nitrogens with one attached hydrogen (secondary N) is 2. The van der Waals surface area contributed by atoms with Gasteiger partial charge >= 0.3 is 0 Å². The lowest BCUT2D eigenvalue weighted by molar-refractivity contribution is -0.119. The van der Waals surface area contributed by atoms with E-state index in [1.807, 2.05) is 19.9 Å². The number of nitrogens with zero attached hydrogens (tertiary/aromatic N) is 5. The number of carbonyl (C=O) groups is 1. The van der Waals surface area contributed by atoms with Gasteiger partial charge in [0.2, 0.25) is 11.9 Å². The van der Waals surface area contributed by atoms with Crippen molar-refractivity contribution in [2.75, 3.05) is 29.9 Å². The van der Waals surface area contributed by atoms with Crippen molar-refractivity contribution >= 4 is 28.7 Å². The van der Waals surface area contributed by atoms with Crippen molar-refractivity contribution < 1.29 is 18.3 Å². The fraction of sp³-hybridized carbons (Fsp3) is 0.400. The first-order valence-electron chi connectivity index (χ1n) is 14.0. The SMILES string of the molecule is CC(=O)NC[C@@H]1[C@H](N)CN(c2ccncc2Nc2ncc3ccc(-c4c(F)cc(COC(C)C)cc4F)nn23)C[C@@H]1C. The van der Waals surface area contributed by atoms with Gasteiger partial charge in [-0.05, 0) is 61.6 Å². The van der Waals surface area contributed by atoms with Crippen LogP contribution in [0.3, 0.4) is 0 Å². The molecular weight excluding hydrogens is 542 g/mol. The van der Waals surface area contributed by atoms with E-state index in [0.717, 1.165) is 12.2 Å². The van der Waals surface area contributed by atoms with Crippen molar-refractivity contribution in [2.24, 2.45) is 17.6 Å². The number of halogens is 2. The maximum absolute atomic E-state index is 15.1. The highest BCUT2D eigenvalue weighted by Gasteiger charge is 2.33. The average molecular weight is 579 g/mol. The number of nitrogens with two attached hydrogens (primary N) is 1. The zero-order valence-corrected chi connectivity index (χ0v) is 24.1. The molecule has 4 N–H and O–H groups in total. The minimum atomic E-state index is -0.722. The van der Waals surface area contributed by atoms with Gasteiger partial charge < -0.3 is 26.0 Å². The number of aromatic nitrogens is 4. The van der Waals surface area contributed by atoms with E-state index in [1.54, 1.807) is 30.7 Å². The molecule has 4 heterocycles. The van der Waals surface area contributed by atoms with Gasteiger partial charge in [0, 0.05) is 38.8 Å². The first-order chi connectivity index (χ1) is 20.1. The third-order valence-corrected chi connectivity index (χ3v) is 7.52. The van der Waals surface area contributed by atoms with Gasteiger partial charge in [-0.2, -0.15) is 9.61 Å². The van der Waals surface area contributed by atoms with Crippen LogP contribution in [-0.4, -0.2) is 57.3 Å². The molecule has 0 saturated carbocycles. The van der Waals surface area contributed by atoms with Crippen LogP contribution in [0.1, 0.15) is 33.3 Å². The fourth-order valence-electron chi connectivity index (χ4n) is 5.38. The van der Waals surface area contributed by atoms with Crippen LogP contribution in [0.15, 0.2) is 48.9 Å². The van der Waals surface area contributed by atoms with Crippen LogP contribution in [0.2, 0.25) is 0 Å². The van der Waals surface area contributed by atoms with Gasteiger partial charge in [0.25, 0.3) is 0 Å². The van der Waals surface area contributed by atoms with E-state index in [9.17, 15) is 4.79 Å². The Hall–Kier alpha value is -4.16. The quantitative estimate of drug-likeness (QED) is 0.269. The third-order valence-electron chi connectivity index (χ3n) is 7.52. The minimum absolute atomic E-state index is 0.0608. The average Bonchev–Trinajstić information content (AvgIpc) is 3.33. The van der Waals surface area contributed by atoms with Gasteiger partial charge in [-0.15, -0.1) is 0 Å². The van der Waals surface area contributed by atoms with E-state index >= 15 is 8.78 Å². The number of piperidine rings is 1. The first kappa shape index (κ1) is 29.3. The Labute approximate surface area is 243 Å². The summed E-state index contributed by atoms with van der Waals surface area (Å²) in [4.78, 5) is 22.4. The monoisotopic (exact) mass is 578 g/mol. The van der Waals surface area contributed by atoms with Crippen LogP contribution >= 0.6 is 0 Å². The number of rotatable bonds is 9. The van der Waals surface area contributed by atoms with Crippen LogP contribution in [0, 0.1) is 23.5 Å². The molecule has 1 aromatic carbocycles. The Balaban J connectivity index is 1.40. The highest BCUT2D eigenvalue weighted by molar-refractivity contribution is 5.74. The molecule has 0 spiro atoms. The Morgan fingerprint density at radius 2 is 1.93 bits per heavy atom. The number of hydrogen-bond acceptors (Lipinski definition) is 8. The van der Waals surface area contributed by atoms with Crippen molar-refractivity contribution in [1.29, 1.82) is 0 Å². The fourth-order valence-corrected chi connectivity index (χ4v) is 5.38. The Morgan fingerprint density at radius 3 is 2.62 bits per heavy atom. The van der Waals surface area contributed by atoms with Crippen LogP contribution in [0.5, 0.6) is 0 Å². The summed E-state index contributed by atoms with van der Waals surface area (Å²) in [6.45, 7) is 9.33. The molecule has 1 aliphatic rings. The summed E-state index contributed by atoms with van der Waals surface area (Å²) in [6.07, 6.45) is 4.97. The standard InChI is InChI=1S/C30H36F2N8O2/c1-17(2)42-16-20-9-23(31)29(24(32)10-20)26-6-5-21-11-36-30(40(21)38-26)37-27-13-34-8-7-28(27)39-14-18(3)22(25(33)15-39)12-35-19(4)41/h5-11,13,17-18,22,25H,12,14-16,33H2,1-4H3,(H,35,41)(H,36,37)/t18-,22-,25+/m0/s1. The van der Waals surface area contributed by atoms with E-state index < -0.39 is 11.6 Å². The summed E-state index contributed by atoms with van der Waals surface area (Å²) in [5.74, 6) is -0.769. The molecule has 0 unspecified atom stereocenters. The van der Waals surface area contributed by atoms with E-state index in [4.69, 9.17) is 10.5 Å². The molecule has 222 valence electrons. The smallest absolute Gasteiger partial charge is 0.229 e. The van der Waals surface area contributed by atoms with Crippen LogP contribution in [0.25, 0.3) is 16.8 Å². The van der Waals surface area contributed by atoms with Crippen LogP contribution in [-0.2, 0) is 16.1 Å². The molecule has 10 nitrogen and oxygen atoms in total. The molecule has 42 heavy (non-hydrogen) atoms. The highest BCUT2D eigenvalue weighted by Crippen LogP contribution is 2.33. The molecule has 3 aromatic heterocycles. The number of imidazole rings is 1. The van der Waals surface area contributed by atoms with Gasteiger partial charge in [-0.1, -0.05) is 6.92 Å². The zero-order chi connectivity index (χ0) is 30.0. The normalized spacial score (nSPS) is 19.0. The summed E-state index contributed by atoms with van der Waals surface area (Å²) >= 11 is 0. The van der Waals surface area contributed by atoms with Crippen LogP contribution < -0.4 is 21.3 Å². The number of fused-ring (bicyclic) bond motifs is 1. The molecule has 3 atom stereocenters. The van der Waals surface area contributed by atoms with Gasteiger partial charge in [0.1, 0.15) is 11.6 Å². The van der Waals surface area contributed by atoms with Crippen LogP contribution in [0.4, 0.5) is 26.1 Å². The predicted octanol–water partition coefficient (Wildman–Crippen LogP) is 4.27. The van der Waals surface area contributed by atoms with Gasteiger partial charge in [0.15, 0.2) is 0 Å². The Bertz CT molecular complexity index is 1540. The largest absolute Gasteiger partial charge is 0.374 e. The van der Waals surface area contributed by atoms with Gasteiger partial charge in [-0.3, -0.25) is 9.78 Å². The minimum Gasteiger partial charge on any atom is -0.374 e. The van der Waals surface area contributed by atoms with Gasteiger partial charge in [0.05, 0.1) is 53.3 Å². The lowest BCUT2D eigenvalue weighted by atomic mass is 9.83. The molecular formula is C30H36F2N8O2. The van der Waals surface area contributed by atoms with Crippen molar-refractivity contribution in [1.82, 2.24) is 24.9 Å². The molecule has 1 amide bonds. The number of amides is 1. The van der Waals surface area contributed by atoms with Crippen molar-refractivity contribution in [3.05, 3.63) is 66.1 Å². The maximum Gasteiger partial charge on any atom is 0.229 e. The van der Waals surface area contributed by atoms with E-state index in [-0.39, 0.29) is 47.8 Å². The second kappa shape index (κ2) is 12.4. The van der Waals surface area contributed by atoms with Crippen molar-refractivity contribution in [3.63, 3.8) is 0 Å². The summed E-state index contributed by atoms with van der Waals surface area (Å²) in [7, 11) is 0. The number of carbonyl (C=O) groups excluding carboxylic acids is 1. The lowest BCUT2D eigenvalue weighted by Gasteiger charge is -2.42. The number of ether oxygens (including phenoxy) is 1. The molecule has 1 aliphatic heterocycles. The molecule has 5 rings (SSSR count). The second-order valence-corrected chi connectivity index (χ2v) is 11.1. The Morgan fingerprint density at radius 1 is 1.17 bits per heavy atom. The van der Waals surface area contributed by atoms with Crippen molar-refractivity contribution in [3.8, 4) is 11.3 Å². The number of hydrogen-bond donors (Lipinski definition) is 3. The summed E-state index contributed by atoms with van der Waals surface area (Å²) in [5, 5.41) is 10.7. The summed E-state index contributed by atoms with van der Waals surface area (Å²) in [6, 6.07) is 7.57. The molecule has 0 radical (unpaired) electrons. The maximum atomic E-state index is 15.1. The number of pyridine rings is 1. The van der Waals surface area contributed by atoms with Crippen molar-refractivity contribution in [2.45, 2.75) is 46.4 Å².